The van der Waals surface area contributed by atoms with Crippen molar-refractivity contribution < 1.29 is 4.79 Å². The average molecular weight is 279 g/mol. The van der Waals surface area contributed by atoms with Crippen molar-refractivity contribution in [1.82, 2.24) is 4.98 Å². The van der Waals surface area contributed by atoms with Gasteiger partial charge in [-0.25, -0.2) is 0 Å². The Hall–Kier alpha value is -1.76. The molecule has 0 unspecified atom stereocenters. The van der Waals surface area contributed by atoms with Crippen molar-refractivity contribution in [3.8, 4) is 6.07 Å². The molecule has 1 N–H and O–H groups in total. The molecule has 18 heavy (non-hydrogen) atoms. The number of halogens is 2. The highest BCUT2D eigenvalue weighted by atomic mass is 35.5. The summed E-state index contributed by atoms with van der Waals surface area (Å²) < 4.78 is 0. The molecule has 0 saturated heterocycles. The van der Waals surface area contributed by atoms with Crippen LogP contribution in [0.15, 0.2) is 30.3 Å². The van der Waals surface area contributed by atoms with Crippen molar-refractivity contribution in [3.05, 3.63) is 57.3 Å². The van der Waals surface area contributed by atoms with Crippen molar-refractivity contribution >= 4 is 29.0 Å². The first-order chi connectivity index (χ1) is 8.61. The fourth-order valence-electron chi connectivity index (χ4n) is 1.60. The SMILES string of the molecule is N#CCc1cc(Cl)c(C(=O)c2cccc(Cl)c2)[nH]1. The number of nitrogens with zero attached hydrogens (tertiary/aromatic N) is 1. The second-order valence-electron chi connectivity index (χ2n) is 3.69. The molecule has 1 aromatic carbocycles. The fraction of sp³-hybridized carbons (Fsp3) is 0.0769. The minimum absolute atomic E-state index is 0.183. The van der Waals surface area contributed by atoms with Crippen LogP contribution < -0.4 is 0 Å². The number of hydrogen-bond acceptors (Lipinski definition) is 2. The average Bonchev–Trinajstić information content (AvgIpc) is 2.70. The Morgan fingerprint density at radius 3 is 2.78 bits per heavy atom. The molecule has 5 heteroatoms. The number of carbonyl (C=O) groups is 1. The molecule has 2 rings (SSSR count). The Balaban J connectivity index is 2.37. The Labute approximate surface area is 114 Å². The lowest BCUT2D eigenvalue weighted by atomic mass is 10.1. The third-order valence-corrected chi connectivity index (χ3v) is 2.94. The van der Waals surface area contributed by atoms with Crippen LogP contribution in [0.4, 0.5) is 0 Å². The number of ketones is 1. The Morgan fingerprint density at radius 2 is 2.11 bits per heavy atom. The van der Waals surface area contributed by atoms with E-state index >= 15 is 0 Å². The number of nitrogens with one attached hydrogen (secondary N) is 1. The molecular formula is C13H8Cl2N2O. The van der Waals surface area contributed by atoms with Gasteiger partial charge in [0.2, 0.25) is 5.78 Å². The predicted octanol–water partition coefficient (Wildman–Crippen LogP) is 3.62. The molecule has 1 heterocycles. The van der Waals surface area contributed by atoms with Gasteiger partial charge in [0.15, 0.2) is 0 Å². The maximum absolute atomic E-state index is 12.2. The zero-order chi connectivity index (χ0) is 13.1. The summed E-state index contributed by atoms with van der Waals surface area (Å²) in [6.07, 6.45) is 0.183. The van der Waals surface area contributed by atoms with Crippen LogP contribution in [-0.2, 0) is 6.42 Å². The zero-order valence-corrected chi connectivity index (χ0v) is 10.7. The van der Waals surface area contributed by atoms with Crippen molar-refractivity contribution in [2.24, 2.45) is 0 Å². The van der Waals surface area contributed by atoms with Gasteiger partial charge < -0.3 is 4.98 Å². The number of aromatic nitrogens is 1. The Morgan fingerprint density at radius 1 is 1.33 bits per heavy atom. The standard InChI is InChI=1S/C13H8Cl2N2O/c14-9-3-1-2-8(6-9)13(18)12-11(15)7-10(17-12)4-5-16/h1-3,6-7,17H,4H2. The largest absolute Gasteiger partial charge is 0.354 e. The maximum Gasteiger partial charge on any atom is 0.210 e. The molecule has 0 fully saturated rings. The molecule has 0 aliphatic heterocycles. The molecule has 90 valence electrons. The number of benzene rings is 1. The summed E-state index contributed by atoms with van der Waals surface area (Å²) >= 11 is 11.8. The van der Waals surface area contributed by atoms with E-state index in [4.69, 9.17) is 28.5 Å². The van der Waals surface area contributed by atoms with Gasteiger partial charge in [0.25, 0.3) is 0 Å². The summed E-state index contributed by atoms with van der Waals surface area (Å²) in [7, 11) is 0. The van der Waals surface area contributed by atoms with E-state index in [9.17, 15) is 4.79 Å². The number of rotatable bonds is 3. The van der Waals surface area contributed by atoms with E-state index in [0.717, 1.165) is 0 Å². The fourth-order valence-corrected chi connectivity index (χ4v) is 2.06. The highest BCUT2D eigenvalue weighted by Crippen LogP contribution is 2.22. The number of aromatic amines is 1. The lowest BCUT2D eigenvalue weighted by Crippen LogP contribution is -2.02. The zero-order valence-electron chi connectivity index (χ0n) is 9.21. The molecule has 0 atom stereocenters. The van der Waals surface area contributed by atoms with Gasteiger partial charge in [-0.15, -0.1) is 0 Å². The van der Waals surface area contributed by atoms with Gasteiger partial charge >= 0.3 is 0 Å². The lowest BCUT2D eigenvalue weighted by Gasteiger charge is -2.00. The van der Waals surface area contributed by atoms with Crippen LogP contribution in [0.1, 0.15) is 21.7 Å². The summed E-state index contributed by atoms with van der Waals surface area (Å²) in [4.78, 5) is 15.0. The number of hydrogen-bond donors (Lipinski definition) is 1. The highest BCUT2D eigenvalue weighted by molar-refractivity contribution is 6.35. The monoisotopic (exact) mass is 278 g/mol. The quantitative estimate of drug-likeness (QED) is 0.872. The van der Waals surface area contributed by atoms with E-state index < -0.39 is 0 Å². The molecule has 3 nitrogen and oxygen atoms in total. The molecular weight excluding hydrogens is 271 g/mol. The smallest absolute Gasteiger partial charge is 0.210 e. The van der Waals surface area contributed by atoms with E-state index in [1.807, 2.05) is 6.07 Å². The third kappa shape index (κ3) is 2.56. The van der Waals surface area contributed by atoms with Crippen LogP contribution in [0, 0.1) is 11.3 Å². The first-order valence-electron chi connectivity index (χ1n) is 5.16. The number of H-pyrrole nitrogens is 1. The normalized spacial score (nSPS) is 10.1. The van der Waals surface area contributed by atoms with Crippen LogP contribution in [0.3, 0.4) is 0 Å². The van der Waals surface area contributed by atoms with Crippen LogP contribution >= 0.6 is 23.2 Å². The van der Waals surface area contributed by atoms with Gasteiger partial charge in [-0.05, 0) is 18.2 Å². The maximum atomic E-state index is 12.2. The molecule has 2 aromatic rings. The van der Waals surface area contributed by atoms with Gasteiger partial charge in [0.1, 0.15) is 5.69 Å². The molecule has 0 aliphatic carbocycles. The summed E-state index contributed by atoms with van der Waals surface area (Å²) in [5.41, 5.74) is 1.35. The van der Waals surface area contributed by atoms with Gasteiger partial charge in [0.05, 0.1) is 17.5 Å². The van der Waals surface area contributed by atoms with Crippen molar-refractivity contribution in [2.45, 2.75) is 6.42 Å². The van der Waals surface area contributed by atoms with Gasteiger partial charge in [-0.3, -0.25) is 4.79 Å². The second-order valence-corrected chi connectivity index (χ2v) is 4.54. The highest BCUT2D eigenvalue weighted by Gasteiger charge is 2.16. The predicted molar refractivity (Wildman–Crippen MR) is 70.0 cm³/mol. The summed E-state index contributed by atoms with van der Waals surface area (Å²) in [5, 5.41) is 9.39. The van der Waals surface area contributed by atoms with Crippen molar-refractivity contribution in [3.63, 3.8) is 0 Å². The lowest BCUT2D eigenvalue weighted by molar-refractivity contribution is 0.103. The molecule has 0 aliphatic rings. The molecule has 0 spiro atoms. The van der Waals surface area contributed by atoms with E-state index in [1.165, 1.54) is 0 Å². The van der Waals surface area contributed by atoms with E-state index in [0.29, 0.717) is 21.3 Å². The summed E-state index contributed by atoms with van der Waals surface area (Å²) in [5.74, 6) is -0.244. The number of nitriles is 1. The molecule has 0 amide bonds. The van der Waals surface area contributed by atoms with Crippen molar-refractivity contribution in [1.29, 1.82) is 5.26 Å². The summed E-state index contributed by atoms with van der Waals surface area (Å²) in [6, 6.07) is 10.2. The third-order valence-electron chi connectivity index (χ3n) is 2.41. The molecule has 0 bridgehead atoms. The van der Waals surface area contributed by atoms with Gasteiger partial charge in [-0.1, -0.05) is 35.3 Å². The molecule has 0 saturated carbocycles. The van der Waals surface area contributed by atoms with E-state index in [1.54, 1.807) is 30.3 Å². The number of carbonyl (C=O) groups excluding carboxylic acids is 1. The minimum atomic E-state index is -0.244. The molecule has 0 radical (unpaired) electrons. The van der Waals surface area contributed by atoms with Gasteiger partial charge in [-0.2, -0.15) is 5.26 Å². The van der Waals surface area contributed by atoms with E-state index in [-0.39, 0.29) is 17.9 Å². The first-order valence-corrected chi connectivity index (χ1v) is 5.92. The summed E-state index contributed by atoms with van der Waals surface area (Å²) in [6.45, 7) is 0. The second kappa shape index (κ2) is 5.26. The topological polar surface area (TPSA) is 56.6 Å². The minimum Gasteiger partial charge on any atom is -0.354 e. The molecule has 1 aromatic heterocycles. The first kappa shape index (κ1) is 12.7. The van der Waals surface area contributed by atoms with Gasteiger partial charge in [0, 0.05) is 16.3 Å². The van der Waals surface area contributed by atoms with Crippen molar-refractivity contribution in [2.75, 3.05) is 0 Å². The van der Waals surface area contributed by atoms with Crippen LogP contribution in [-0.4, -0.2) is 10.8 Å². The van der Waals surface area contributed by atoms with E-state index in [2.05, 4.69) is 4.98 Å². The Kier molecular flexibility index (Phi) is 3.71. The van der Waals surface area contributed by atoms with Crippen LogP contribution in [0.25, 0.3) is 0 Å². The van der Waals surface area contributed by atoms with Crippen LogP contribution in [0.2, 0.25) is 10.0 Å². The Bertz CT molecular complexity index is 641. The van der Waals surface area contributed by atoms with Crippen LogP contribution in [0.5, 0.6) is 0 Å².